The van der Waals surface area contributed by atoms with Gasteiger partial charge in [-0.05, 0) is 41.8 Å². The van der Waals surface area contributed by atoms with Gasteiger partial charge in [-0.1, -0.05) is 12.1 Å². The summed E-state index contributed by atoms with van der Waals surface area (Å²) in [6, 6.07) is 10.5. The van der Waals surface area contributed by atoms with Gasteiger partial charge in [0.25, 0.3) is 0 Å². The molecule has 1 aromatic heterocycles. The van der Waals surface area contributed by atoms with Crippen LogP contribution in [0, 0.1) is 0 Å². The number of rotatable bonds is 5. The van der Waals surface area contributed by atoms with Gasteiger partial charge in [-0.2, -0.15) is 0 Å². The quantitative estimate of drug-likeness (QED) is 0.854. The molecule has 0 spiro atoms. The standard InChI is InChI=1S/C16H15NO4/c1-11(18)21-10-15-9-13(5-6-17-15)7-12-3-2-4-14(8-12)16(19)20/h2-6,8-9H,7,10H2,1H3,(H,19,20). The smallest absolute Gasteiger partial charge is 0.335 e. The van der Waals surface area contributed by atoms with E-state index in [0.717, 1.165) is 11.1 Å². The molecule has 2 aromatic rings. The summed E-state index contributed by atoms with van der Waals surface area (Å²) < 4.78 is 4.90. The van der Waals surface area contributed by atoms with Crippen molar-refractivity contribution >= 4 is 11.9 Å². The van der Waals surface area contributed by atoms with Crippen LogP contribution in [0.1, 0.15) is 34.1 Å². The van der Waals surface area contributed by atoms with Crippen LogP contribution in [-0.2, 0) is 22.6 Å². The van der Waals surface area contributed by atoms with Crippen molar-refractivity contribution in [3.8, 4) is 0 Å². The molecule has 0 saturated heterocycles. The van der Waals surface area contributed by atoms with Gasteiger partial charge in [0.1, 0.15) is 6.61 Å². The predicted octanol–water partition coefficient (Wildman–Crippen LogP) is 2.43. The van der Waals surface area contributed by atoms with E-state index in [1.807, 2.05) is 18.2 Å². The Morgan fingerprint density at radius 1 is 1.19 bits per heavy atom. The van der Waals surface area contributed by atoms with Gasteiger partial charge in [-0.25, -0.2) is 4.79 Å². The van der Waals surface area contributed by atoms with Crippen molar-refractivity contribution in [3.63, 3.8) is 0 Å². The zero-order valence-corrected chi connectivity index (χ0v) is 11.6. The fraction of sp³-hybridized carbons (Fsp3) is 0.188. The average Bonchev–Trinajstić information content (AvgIpc) is 2.46. The highest BCUT2D eigenvalue weighted by atomic mass is 16.5. The SMILES string of the molecule is CC(=O)OCc1cc(Cc2cccc(C(=O)O)c2)ccn1. The molecule has 0 bridgehead atoms. The molecule has 2 rings (SSSR count). The van der Waals surface area contributed by atoms with Crippen molar-refractivity contribution in [1.82, 2.24) is 4.98 Å². The second-order valence-electron chi connectivity index (χ2n) is 4.62. The van der Waals surface area contributed by atoms with Crippen LogP contribution >= 0.6 is 0 Å². The lowest BCUT2D eigenvalue weighted by Gasteiger charge is -2.06. The van der Waals surface area contributed by atoms with Crippen LogP contribution in [-0.4, -0.2) is 22.0 Å². The lowest BCUT2D eigenvalue weighted by Crippen LogP contribution is -2.02. The summed E-state index contributed by atoms with van der Waals surface area (Å²) in [5, 5.41) is 8.98. The Bertz CT molecular complexity index is 667. The number of nitrogens with zero attached hydrogens (tertiary/aromatic N) is 1. The molecule has 108 valence electrons. The number of pyridine rings is 1. The van der Waals surface area contributed by atoms with E-state index in [1.54, 1.807) is 24.4 Å². The molecule has 1 aromatic carbocycles. The Kier molecular flexibility index (Phi) is 4.66. The topological polar surface area (TPSA) is 76.5 Å². The maximum atomic E-state index is 11.0. The number of carbonyl (C=O) groups excluding carboxylic acids is 1. The lowest BCUT2D eigenvalue weighted by atomic mass is 10.0. The van der Waals surface area contributed by atoms with Gasteiger partial charge in [-0.15, -0.1) is 0 Å². The zero-order chi connectivity index (χ0) is 15.2. The molecule has 0 atom stereocenters. The van der Waals surface area contributed by atoms with Crippen LogP contribution in [0.4, 0.5) is 0 Å². The molecule has 0 unspecified atom stereocenters. The summed E-state index contributed by atoms with van der Waals surface area (Å²) in [5.74, 6) is -1.29. The highest BCUT2D eigenvalue weighted by Crippen LogP contribution is 2.12. The molecular formula is C16H15NO4. The van der Waals surface area contributed by atoms with Crippen molar-refractivity contribution in [2.45, 2.75) is 20.0 Å². The molecule has 21 heavy (non-hydrogen) atoms. The molecule has 0 saturated carbocycles. The zero-order valence-electron chi connectivity index (χ0n) is 11.6. The third-order valence-corrected chi connectivity index (χ3v) is 2.89. The van der Waals surface area contributed by atoms with Crippen LogP contribution in [0.25, 0.3) is 0 Å². The summed E-state index contributed by atoms with van der Waals surface area (Å²) in [5.41, 5.74) is 2.81. The molecule has 0 aliphatic rings. The monoisotopic (exact) mass is 285 g/mol. The lowest BCUT2D eigenvalue weighted by molar-refractivity contribution is -0.142. The Hall–Kier alpha value is -2.69. The highest BCUT2D eigenvalue weighted by molar-refractivity contribution is 5.87. The molecule has 0 radical (unpaired) electrons. The van der Waals surface area contributed by atoms with Crippen LogP contribution in [0.3, 0.4) is 0 Å². The molecule has 0 aliphatic heterocycles. The van der Waals surface area contributed by atoms with Crippen LogP contribution in [0.2, 0.25) is 0 Å². The molecule has 0 fully saturated rings. The van der Waals surface area contributed by atoms with Crippen molar-refractivity contribution in [1.29, 1.82) is 0 Å². The highest BCUT2D eigenvalue weighted by Gasteiger charge is 2.05. The molecule has 0 amide bonds. The summed E-state index contributed by atoms with van der Waals surface area (Å²) in [4.78, 5) is 25.9. The molecule has 5 heteroatoms. The second-order valence-corrected chi connectivity index (χ2v) is 4.62. The van der Waals surface area contributed by atoms with Gasteiger partial charge in [0.2, 0.25) is 0 Å². The van der Waals surface area contributed by atoms with E-state index in [1.165, 1.54) is 6.92 Å². The average molecular weight is 285 g/mol. The minimum atomic E-state index is -0.942. The molecule has 5 nitrogen and oxygen atoms in total. The number of aromatic carboxylic acids is 1. The number of carboxylic acid groups (broad SMARTS) is 1. The maximum Gasteiger partial charge on any atom is 0.335 e. The summed E-state index contributed by atoms with van der Waals surface area (Å²) in [7, 11) is 0. The van der Waals surface area contributed by atoms with E-state index >= 15 is 0 Å². The number of esters is 1. The van der Waals surface area contributed by atoms with Gasteiger partial charge in [0.15, 0.2) is 0 Å². The van der Waals surface area contributed by atoms with Gasteiger partial charge in [0, 0.05) is 13.1 Å². The fourth-order valence-corrected chi connectivity index (χ4v) is 1.94. The van der Waals surface area contributed by atoms with Crippen LogP contribution in [0.15, 0.2) is 42.6 Å². The predicted molar refractivity (Wildman–Crippen MR) is 75.9 cm³/mol. The van der Waals surface area contributed by atoms with Gasteiger partial charge in [0.05, 0.1) is 11.3 Å². The van der Waals surface area contributed by atoms with Gasteiger partial charge in [-0.3, -0.25) is 9.78 Å². The normalized spacial score (nSPS) is 10.1. The first-order chi connectivity index (χ1) is 10.0. The van der Waals surface area contributed by atoms with E-state index in [9.17, 15) is 9.59 Å². The number of hydrogen-bond acceptors (Lipinski definition) is 4. The first-order valence-electron chi connectivity index (χ1n) is 6.44. The first-order valence-corrected chi connectivity index (χ1v) is 6.44. The molecule has 1 heterocycles. The van der Waals surface area contributed by atoms with E-state index in [0.29, 0.717) is 12.1 Å². The summed E-state index contributed by atoms with van der Waals surface area (Å²) in [6.45, 7) is 1.49. The Morgan fingerprint density at radius 2 is 1.95 bits per heavy atom. The summed E-state index contributed by atoms with van der Waals surface area (Å²) >= 11 is 0. The van der Waals surface area contributed by atoms with E-state index < -0.39 is 5.97 Å². The minimum Gasteiger partial charge on any atom is -0.478 e. The van der Waals surface area contributed by atoms with Gasteiger partial charge >= 0.3 is 11.9 Å². The summed E-state index contributed by atoms with van der Waals surface area (Å²) in [6.07, 6.45) is 2.24. The largest absolute Gasteiger partial charge is 0.478 e. The molecular weight excluding hydrogens is 270 g/mol. The Labute approximate surface area is 122 Å². The number of carboxylic acids is 1. The first kappa shape index (κ1) is 14.7. The van der Waals surface area contributed by atoms with Crippen molar-refractivity contribution in [3.05, 3.63) is 65.0 Å². The number of aromatic nitrogens is 1. The number of carbonyl (C=O) groups is 2. The van der Waals surface area contributed by atoms with Gasteiger partial charge < -0.3 is 9.84 Å². The Balaban J connectivity index is 2.12. The molecule has 0 aliphatic carbocycles. The van der Waals surface area contributed by atoms with Crippen LogP contribution in [0.5, 0.6) is 0 Å². The minimum absolute atomic E-state index is 0.137. The van der Waals surface area contributed by atoms with Crippen molar-refractivity contribution in [2.75, 3.05) is 0 Å². The number of benzene rings is 1. The van der Waals surface area contributed by atoms with E-state index in [2.05, 4.69) is 4.98 Å². The fourth-order valence-electron chi connectivity index (χ4n) is 1.94. The molecule has 1 N–H and O–H groups in total. The Morgan fingerprint density at radius 3 is 2.67 bits per heavy atom. The number of hydrogen-bond donors (Lipinski definition) is 1. The third kappa shape index (κ3) is 4.42. The van der Waals surface area contributed by atoms with E-state index in [4.69, 9.17) is 9.84 Å². The van der Waals surface area contributed by atoms with Crippen molar-refractivity contribution < 1.29 is 19.4 Å². The van der Waals surface area contributed by atoms with Crippen molar-refractivity contribution in [2.24, 2.45) is 0 Å². The third-order valence-electron chi connectivity index (χ3n) is 2.89. The maximum absolute atomic E-state index is 11.0. The second kappa shape index (κ2) is 6.65. The van der Waals surface area contributed by atoms with Crippen LogP contribution < -0.4 is 0 Å². The number of ether oxygens (including phenoxy) is 1. The van der Waals surface area contributed by atoms with E-state index in [-0.39, 0.29) is 18.1 Å².